The standard InChI is InChI=1S/C10H15NO.ClH/c1-9-3-5-10(6-4-9)12-8-7-11-2;/h3-6,11H,7-8H2,1-2H3;1H. The molecule has 0 saturated heterocycles. The Morgan fingerprint density at radius 1 is 1.23 bits per heavy atom. The summed E-state index contributed by atoms with van der Waals surface area (Å²) in [5.74, 6) is 0.941. The van der Waals surface area contributed by atoms with Crippen molar-refractivity contribution in [2.24, 2.45) is 0 Å². The molecule has 0 amide bonds. The summed E-state index contributed by atoms with van der Waals surface area (Å²) in [4.78, 5) is 0. The monoisotopic (exact) mass is 201 g/mol. The third kappa shape index (κ3) is 4.76. The van der Waals surface area contributed by atoms with Gasteiger partial charge in [0, 0.05) is 6.54 Å². The SMILES string of the molecule is CNCCOc1ccc(C)cc1.Cl. The van der Waals surface area contributed by atoms with Crippen molar-refractivity contribution in [3.05, 3.63) is 29.8 Å². The van der Waals surface area contributed by atoms with Gasteiger partial charge in [0.25, 0.3) is 0 Å². The lowest BCUT2D eigenvalue weighted by Crippen LogP contribution is -2.15. The number of nitrogens with one attached hydrogen (secondary N) is 1. The molecule has 0 aliphatic heterocycles. The van der Waals surface area contributed by atoms with Crippen LogP contribution in [0.15, 0.2) is 24.3 Å². The Hall–Kier alpha value is -0.730. The van der Waals surface area contributed by atoms with Crippen molar-refractivity contribution in [3.63, 3.8) is 0 Å². The van der Waals surface area contributed by atoms with Gasteiger partial charge < -0.3 is 10.1 Å². The first-order chi connectivity index (χ1) is 5.83. The van der Waals surface area contributed by atoms with E-state index in [4.69, 9.17) is 4.74 Å². The molecule has 13 heavy (non-hydrogen) atoms. The van der Waals surface area contributed by atoms with Crippen LogP contribution in [-0.2, 0) is 0 Å². The number of halogens is 1. The zero-order valence-corrected chi connectivity index (χ0v) is 8.86. The molecule has 2 nitrogen and oxygen atoms in total. The fourth-order valence-corrected chi connectivity index (χ4v) is 0.905. The summed E-state index contributed by atoms with van der Waals surface area (Å²) >= 11 is 0. The average molecular weight is 202 g/mol. The molecule has 0 atom stereocenters. The van der Waals surface area contributed by atoms with Gasteiger partial charge in [0.1, 0.15) is 12.4 Å². The van der Waals surface area contributed by atoms with E-state index in [2.05, 4.69) is 24.4 Å². The van der Waals surface area contributed by atoms with Crippen molar-refractivity contribution in [2.75, 3.05) is 20.2 Å². The van der Waals surface area contributed by atoms with Gasteiger partial charge in [0.2, 0.25) is 0 Å². The van der Waals surface area contributed by atoms with E-state index in [9.17, 15) is 0 Å². The minimum absolute atomic E-state index is 0. The van der Waals surface area contributed by atoms with E-state index in [0.29, 0.717) is 0 Å². The second-order valence-corrected chi connectivity index (χ2v) is 2.77. The van der Waals surface area contributed by atoms with Crippen LogP contribution in [0.5, 0.6) is 5.75 Å². The second-order valence-electron chi connectivity index (χ2n) is 2.77. The van der Waals surface area contributed by atoms with Crippen molar-refractivity contribution in [1.82, 2.24) is 5.32 Å². The maximum Gasteiger partial charge on any atom is 0.119 e. The van der Waals surface area contributed by atoms with E-state index in [1.165, 1.54) is 5.56 Å². The molecule has 0 spiro atoms. The van der Waals surface area contributed by atoms with Gasteiger partial charge in [-0.25, -0.2) is 0 Å². The molecule has 0 fully saturated rings. The number of aryl methyl sites for hydroxylation is 1. The van der Waals surface area contributed by atoms with Gasteiger partial charge in [-0.2, -0.15) is 0 Å². The summed E-state index contributed by atoms with van der Waals surface area (Å²) in [6.45, 7) is 3.67. The third-order valence-electron chi connectivity index (χ3n) is 1.64. The highest BCUT2D eigenvalue weighted by Gasteiger charge is 1.90. The molecule has 1 N–H and O–H groups in total. The maximum atomic E-state index is 5.44. The maximum absolute atomic E-state index is 5.44. The Labute approximate surface area is 85.7 Å². The van der Waals surface area contributed by atoms with Crippen LogP contribution in [0.1, 0.15) is 5.56 Å². The number of rotatable bonds is 4. The number of benzene rings is 1. The second kappa shape index (κ2) is 6.75. The summed E-state index contributed by atoms with van der Waals surface area (Å²) in [5.41, 5.74) is 1.26. The van der Waals surface area contributed by atoms with Crippen molar-refractivity contribution in [3.8, 4) is 5.75 Å². The predicted octanol–water partition coefficient (Wildman–Crippen LogP) is 2.02. The Kier molecular flexibility index (Phi) is 6.37. The highest BCUT2D eigenvalue weighted by molar-refractivity contribution is 5.85. The van der Waals surface area contributed by atoms with E-state index < -0.39 is 0 Å². The average Bonchev–Trinajstić information content (AvgIpc) is 2.09. The Morgan fingerprint density at radius 2 is 1.85 bits per heavy atom. The van der Waals surface area contributed by atoms with Crippen molar-refractivity contribution < 1.29 is 4.74 Å². The summed E-state index contributed by atoms with van der Waals surface area (Å²) in [5, 5.41) is 3.02. The summed E-state index contributed by atoms with van der Waals surface area (Å²) in [7, 11) is 1.92. The van der Waals surface area contributed by atoms with E-state index in [-0.39, 0.29) is 12.4 Å². The van der Waals surface area contributed by atoms with Gasteiger partial charge in [-0.1, -0.05) is 17.7 Å². The van der Waals surface area contributed by atoms with E-state index in [1.54, 1.807) is 0 Å². The molecular weight excluding hydrogens is 186 g/mol. The highest BCUT2D eigenvalue weighted by atomic mass is 35.5. The molecule has 0 aliphatic carbocycles. The summed E-state index contributed by atoms with van der Waals surface area (Å²) < 4.78 is 5.44. The van der Waals surface area contributed by atoms with Crippen molar-refractivity contribution in [2.45, 2.75) is 6.92 Å². The van der Waals surface area contributed by atoms with Crippen LogP contribution in [0.3, 0.4) is 0 Å². The van der Waals surface area contributed by atoms with Gasteiger partial charge in [-0.3, -0.25) is 0 Å². The molecule has 0 aromatic heterocycles. The first-order valence-corrected chi connectivity index (χ1v) is 4.17. The molecule has 0 saturated carbocycles. The van der Waals surface area contributed by atoms with Crippen molar-refractivity contribution in [1.29, 1.82) is 0 Å². The Bertz CT molecular complexity index is 223. The van der Waals surface area contributed by atoms with Crippen LogP contribution >= 0.6 is 12.4 Å². The van der Waals surface area contributed by atoms with Crippen LogP contribution < -0.4 is 10.1 Å². The van der Waals surface area contributed by atoms with E-state index in [1.807, 2.05) is 19.2 Å². The van der Waals surface area contributed by atoms with Crippen LogP contribution in [-0.4, -0.2) is 20.2 Å². The zero-order valence-electron chi connectivity index (χ0n) is 8.04. The van der Waals surface area contributed by atoms with E-state index in [0.717, 1.165) is 18.9 Å². The summed E-state index contributed by atoms with van der Waals surface area (Å²) in [6.07, 6.45) is 0. The normalized spacial score (nSPS) is 9.08. The molecule has 0 unspecified atom stereocenters. The van der Waals surface area contributed by atoms with Gasteiger partial charge >= 0.3 is 0 Å². The molecule has 3 heteroatoms. The van der Waals surface area contributed by atoms with Crippen LogP contribution in [0, 0.1) is 6.92 Å². The van der Waals surface area contributed by atoms with Crippen LogP contribution in [0.25, 0.3) is 0 Å². The molecule has 1 rings (SSSR count). The molecule has 1 aromatic carbocycles. The first-order valence-electron chi connectivity index (χ1n) is 4.17. The van der Waals surface area contributed by atoms with Gasteiger partial charge in [-0.15, -0.1) is 12.4 Å². The smallest absolute Gasteiger partial charge is 0.119 e. The molecule has 74 valence electrons. The van der Waals surface area contributed by atoms with Crippen LogP contribution in [0.2, 0.25) is 0 Å². The summed E-state index contributed by atoms with van der Waals surface area (Å²) in [6, 6.07) is 8.08. The van der Waals surface area contributed by atoms with Gasteiger partial charge in [0.15, 0.2) is 0 Å². The lowest BCUT2D eigenvalue weighted by molar-refractivity contribution is 0.318. The third-order valence-corrected chi connectivity index (χ3v) is 1.64. The fraction of sp³-hybridized carbons (Fsp3) is 0.400. The van der Waals surface area contributed by atoms with Crippen molar-refractivity contribution >= 4 is 12.4 Å². The number of ether oxygens (including phenoxy) is 1. The highest BCUT2D eigenvalue weighted by Crippen LogP contribution is 2.10. The molecule has 0 heterocycles. The molecule has 1 aromatic rings. The number of likely N-dealkylation sites (N-methyl/N-ethyl adjacent to an activating group) is 1. The van der Waals surface area contributed by atoms with Gasteiger partial charge in [0.05, 0.1) is 0 Å². The first kappa shape index (κ1) is 12.3. The predicted molar refractivity (Wildman–Crippen MR) is 57.8 cm³/mol. The Morgan fingerprint density at radius 3 is 2.38 bits per heavy atom. The molecule has 0 aliphatic rings. The minimum Gasteiger partial charge on any atom is -0.492 e. The largest absolute Gasteiger partial charge is 0.492 e. The van der Waals surface area contributed by atoms with E-state index >= 15 is 0 Å². The zero-order chi connectivity index (χ0) is 8.81. The Balaban J connectivity index is 0.00000144. The minimum atomic E-state index is 0. The fourth-order valence-electron chi connectivity index (χ4n) is 0.905. The lowest BCUT2D eigenvalue weighted by atomic mass is 10.2. The quantitative estimate of drug-likeness (QED) is 0.753. The molecule has 0 bridgehead atoms. The van der Waals surface area contributed by atoms with Gasteiger partial charge in [-0.05, 0) is 26.1 Å². The molecule has 0 radical (unpaired) electrons. The lowest BCUT2D eigenvalue weighted by Gasteiger charge is -2.04. The number of hydrogen-bond acceptors (Lipinski definition) is 2. The van der Waals surface area contributed by atoms with Crippen LogP contribution in [0.4, 0.5) is 0 Å². The molecular formula is C10H16ClNO. The number of hydrogen-bond donors (Lipinski definition) is 1. The topological polar surface area (TPSA) is 21.3 Å².